The number of hydrogen-bond donors (Lipinski definition) is 1. The SMILES string of the molecule is COc1c(Cl)cc(Cl)cc1CN[C@@H]1CCCc2c1cnn2C. The summed E-state index contributed by atoms with van der Waals surface area (Å²) in [4.78, 5) is 0. The zero-order valence-corrected chi connectivity index (χ0v) is 14.2. The largest absolute Gasteiger partial charge is 0.495 e. The van der Waals surface area contributed by atoms with E-state index in [9.17, 15) is 0 Å². The Bertz CT molecular complexity index is 684. The molecule has 0 saturated carbocycles. The molecule has 0 bridgehead atoms. The predicted octanol–water partition coefficient (Wildman–Crippen LogP) is 3.90. The number of aryl methyl sites for hydroxylation is 1. The predicted molar refractivity (Wildman–Crippen MR) is 88.7 cm³/mol. The van der Waals surface area contributed by atoms with Gasteiger partial charge in [0.2, 0.25) is 0 Å². The number of fused-ring (bicyclic) bond motifs is 1. The molecule has 2 aromatic rings. The van der Waals surface area contributed by atoms with Gasteiger partial charge in [0, 0.05) is 41.5 Å². The molecule has 0 fully saturated rings. The Morgan fingerprint density at radius 3 is 3.00 bits per heavy atom. The molecule has 0 aliphatic heterocycles. The average molecular weight is 340 g/mol. The summed E-state index contributed by atoms with van der Waals surface area (Å²) in [6.45, 7) is 0.655. The van der Waals surface area contributed by atoms with Gasteiger partial charge in [0.05, 0.1) is 18.3 Å². The molecule has 0 amide bonds. The first-order valence-corrected chi connectivity index (χ1v) is 8.11. The quantitative estimate of drug-likeness (QED) is 0.917. The molecule has 1 N–H and O–H groups in total. The van der Waals surface area contributed by atoms with Crippen molar-refractivity contribution in [3.8, 4) is 5.75 Å². The topological polar surface area (TPSA) is 39.1 Å². The molecule has 6 heteroatoms. The fourth-order valence-electron chi connectivity index (χ4n) is 3.12. The van der Waals surface area contributed by atoms with Crippen LogP contribution in [0, 0.1) is 0 Å². The molecular formula is C16H19Cl2N3O. The van der Waals surface area contributed by atoms with Crippen molar-refractivity contribution in [3.63, 3.8) is 0 Å². The summed E-state index contributed by atoms with van der Waals surface area (Å²) in [5, 5.41) is 9.12. The standard InChI is InChI=1S/C16H19Cl2N3O/c1-21-15-5-3-4-14(12(15)9-20-21)19-8-10-6-11(17)7-13(18)16(10)22-2/h6-7,9,14,19H,3-5,8H2,1-2H3/t14-/m1/s1. The van der Waals surface area contributed by atoms with Crippen molar-refractivity contribution in [2.45, 2.75) is 31.8 Å². The lowest BCUT2D eigenvalue weighted by molar-refractivity contribution is 0.401. The van der Waals surface area contributed by atoms with Crippen LogP contribution in [0.25, 0.3) is 0 Å². The fourth-order valence-corrected chi connectivity index (χ4v) is 3.74. The van der Waals surface area contributed by atoms with E-state index in [0.717, 1.165) is 24.8 Å². The molecule has 0 spiro atoms. The van der Waals surface area contributed by atoms with Crippen LogP contribution in [0.2, 0.25) is 10.0 Å². The number of nitrogens with one attached hydrogen (secondary N) is 1. The molecule has 0 unspecified atom stereocenters. The van der Waals surface area contributed by atoms with Crippen molar-refractivity contribution in [3.05, 3.63) is 45.2 Å². The minimum atomic E-state index is 0.305. The first-order valence-electron chi connectivity index (χ1n) is 7.36. The van der Waals surface area contributed by atoms with Crippen LogP contribution in [0.1, 0.15) is 35.7 Å². The van der Waals surface area contributed by atoms with E-state index in [1.165, 1.54) is 11.3 Å². The van der Waals surface area contributed by atoms with Crippen molar-refractivity contribution < 1.29 is 4.74 Å². The van der Waals surface area contributed by atoms with Gasteiger partial charge in [-0.05, 0) is 31.4 Å². The number of methoxy groups -OCH3 is 1. The molecule has 4 nitrogen and oxygen atoms in total. The first-order chi connectivity index (χ1) is 10.6. The van der Waals surface area contributed by atoms with E-state index in [0.29, 0.717) is 28.4 Å². The van der Waals surface area contributed by atoms with E-state index in [-0.39, 0.29) is 0 Å². The highest BCUT2D eigenvalue weighted by atomic mass is 35.5. The van der Waals surface area contributed by atoms with E-state index < -0.39 is 0 Å². The van der Waals surface area contributed by atoms with Crippen LogP contribution in [0.5, 0.6) is 5.75 Å². The van der Waals surface area contributed by atoms with Gasteiger partial charge in [-0.2, -0.15) is 5.10 Å². The van der Waals surface area contributed by atoms with E-state index in [4.69, 9.17) is 27.9 Å². The van der Waals surface area contributed by atoms with Gasteiger partial charge in [-0.3, -0.25) is 4.68 Å². The monoisotopic (exact) mass is 339 g/mol. The van der Waals surface area contributed by atoms with Crippen LogP contribution >= 0.6 is 23.2 Å². The molecular weight excluding hydrogens is 321 g/mol. The van der Waals surface area contributed by atoms with Gasteiger partial charge in [-0.1, -0.05) is 23.2 Å². The molecule has 118 valence electrons. The highest BCUT2D eigenvalue weighted by Gasteiger charge is 2.23. The van der Waals surface area contributed by atoms with Crippen LogP contribution in [-0.2, 0) is 20.0 Å². The smallest absolute Gasteiger partial charge is 0.142 e. The second-order valence-electron chi connectivity index (χ2n) is 5.58. The maximum Gasteiger partial charge on any atom is 0.142 e. The third-order valence-corrected chi connectivity index (χ3v) is 4.70. The lowest BCUT2D eigenvalue weighted by Crippen LogP contribution is -2.25. The van der Waals surface area contributed by atoms with Gasteiger partial charge < -0.3 is 10.1 Å². The van der Waals surface area contributed by atoms with Gasteiger partial charge >= 0.3 is 0 Å². The second-order valence-corrected chi connectivity index (χ2v) is 6.42. The number of halogens is 2. The molecule has 0 saturated heterocycles. The Morgan fingerprint density at radius 1 is 1.41 bits per heavy atom. The summed E-state index contributed by atoms with van der Waals surface area (Å²) in [5.41, 5.74) is 3.58. The summed E-state index contributed by atoms with van der Waals surface area (Å²) in [5.74, 6) is 0.681. The normalized spacial score (nSPS) is 17.4. The minimum Gasteiger partial charge on any atom is -0.495 e. The van der Waals surface area contributed by atoms with Crippen LogP contribution in [0.15, 0.2) is 18.3 Å². The fraction of sp³-hybridized carbons (Fsp3) is 0.438. The van der Waals surface area contributed by atoms with Gasteiger partial charge in [0.15, 0.2) is 0 Å². The Kier molecular flexibility index (Phi) is 4.62. The molecule has 3 rings (SSSR count). The second kappa shape index (κ2) is 6.49. The molecule has 0 radical (unpaired) electrons. The van der Waals surface area contributed by atoms with E-state index in [2.05, 4.69) is 10.4 Å². The van der Waals surface area contributed by atoms with Crippen molar-refractivity contribution in [2.75, 3.05) is 7.11 Å². The molecule has 1 aliphatic carbocycles. The molecule has 1 aromatic carbocycles. The summed E-state index contributed by atoms with van der Waals surface area (Å²) in [6, 6.07) is 3.90. The van der Waals surface area contributed by atoms with Crippen molar-refractivity contribution in [2.24, 2.45) is 7.05 Å². The van der Waals surface area contributed by atoms with Gasteiger partial charge in [0.1, 0.15) is 5.75 Å². The molecule has 1 heterocycles. The molecule has 22 heavy (non-hydrogen) atoms. The van der Waals surface area contributed by atoms with Crippen LogP contribution in [0.4, 0.5) is 0 Å². The van der Waals surface area contributed by atoms with Crippen LogP contribution in [0.3, 0.4) is 0 Å². The van der Waals surface area contributed by atoms with Gasteiger partial charge in [-0.15, -0.1) is 0 Å². The summed E-state index contributed by atoms with van der Waals surface area (Å²) in [7, 11) is 3.62. The van der Waals surface area contributed by atoms with Crippen molar-refractivity contribution in [1.29, 1.82) is 0 Å². The number of hydrogen-bond acceptors (Lipinski definition) is 3. The van der Waals surface area contributed by atoms with Crippen molar-refractivity contribution >= 4 is 23.2 Å². The third kappa shape index (κ3) is 2.96. The van der Waals surface area contributed by atoms with E-state index in [1.54, 1.807) is 13.2 Å². The molecule has 1 aliphatic rings. The van der Waals surface area contributed by atoms with E-state index >= 15 is 0 Å². The molecule has 1 atom stereocenters. The van der Waals surface area contributed by atoms with Crippen molar-refractivity contribution in [1.82, 2.24) is 15.1 Å². The average Bonchev–Trinajstić information content (AvgIpc) is 2.87. The number of aromatic nitrogens is 2. The highest BCUT2D eigenvalue weighted by molar-refractivity contribution is 6.35. The number of rotatable bonds is 4. The number of nitrogens with zero attached hydrogens (tertiary/aromatic N) is 2. The van der Waals surface area contributed by atoms with E-state index in [1.807, 2.05) is 24.0 Å². The third-order valence-electron chi connectivity index (χ3n) is 4.20. The Morgan fingerprint density at radius 2 is 2.23 bits per heavy atom. The summed E-state index contributed by atoms with van der Waals surface area (Å²) in [6.07, 6.45) is 5.33. The zero-order valence-electron chi connectivity index (χ0n) is 12.7. The van der Waals surface area contributed by atoms with Crippen LogP contribution in [-0.4, -0.2) is 16.9 Å². The zero-order chi connectivity index (χ0) is 15.7. The summed E-state index contributed by atoms with van der Waals surface area (Å²) < 4.78 is 7.37. The Balaban J connectivity index is 1.79. The maximum absolute atomic E-state index is 6.19. The Hall–Kier alpha value is -1.23. The number of ether oxygens (including phenoxy) is 1. The lowest BCUT2D eigenvalue weighted by Gasteiger charge is -2.24. The van der Waals surface area contributed by atoms with Crippen LogP contribution < -0.4 is 10.1 Å². The molecule has 1 aromatic heterocycles. The Labute approximate surface area is 140 Å². The maximum atomic E-state index is 6.19. The van der Waals surface area contributed by atoms with Gasteiger partial charge in [0.25, 0.3) is 0 Å². The van der Waals surface area contributed by atoms with Gasteiger partial charge in [-0.25, -0.2) is 0 Å². The highest BCUT2D eigenvalue weighted by Crippen LogP contribution is 2.34. The summed E-state index contributed by atoms with van der Waals surface area (Å²) >= 11 is 12.3. The first kappa shape index (κ1) is 15.7. The lowest BCUT2D eigenvalue weighted by atomic mass is 9.93. The number of benzene rings is 1. The minimum absolute atomic E-state index is 0.305.